The van der Waals surface area contributed by atoms with Gasteiger partial charge in [-0.3, -0.25) is 4.99 Å². The van der Waals surface area contributed by atoms with Gasteiger partial charge in [0.25, 0.3) is 0 Å². The van der Waals surface area contributed by atoms with E-state index in [-0.39, 0.29) is 30.1 Å². The number of aliphatic imine (C=N–C) groups is 1. The zero-order chi connectivity index (χ0) is 19.2. The molecule has 3 saturated heterocycles. The minimum absolute atomic E-state index is 0. The molecule has 1 aromatic rings. The minimum Gasteiger partial charge on any atom is -0.469 e. The molecule has 3 aliphatic heterocycles. The fraction of sp³-hybridized carbons (Fsp3) is 0.762. The molecule has 0 amide bonds. The summed E-state index contributed by atoms with van der Waals surface area (Å²) in [6.07, 6.45) is 7.30. The molecule has 4 rings (SSSR count). The fourth-order valence-electron chi connectivity index (χ4n) is 4.36. The zero-order valence-corrected chi connectivity index (χ0v) is 19.6. The molecule has 7 nitrogen and oxygen atoms in total. The summed E-state index contributed by atoms with van der Waals surface area (Å²) in [7, 11) is 0. The Morgan fingerprint density at radius 1 is 1.24 bits per heavy atom. The van der Waals surface area contributed by atoms with Crippen molar-refractivity contribution < 1.29 is 18.6 Å². The van der Waals surface area contributed by atoms with Crippen LogP contribution in [0.25, 0.3) is 0 Å². The van der Waals surface area contributed by atoms with E-state index in [0.717, 1.165) is 70.1 Å². The molecular formula is C21H34IN3O4. The van der Waals surface area contributed by atoms with Crippen LogP contribution in [0.2, 0.25) is 0 Å². The largest absolute Gasteiger partial charge is 0.469 e. The maximum Gasteiger partial charge on any atom is 0.194 e. The highest BCUT2D eigenvalue weighted by molar-refractivity contribution is 14.0. The van der Waals surface area contributed by atoms with Gasteiger partial charge >= 0.3 is 0 Å². The molecule has 2 atom stereocenters. The van der Waals surface area contributed by atoms with Crippen molar-refractivity contribution in [3.05, 3.63) is 24.2 Å². The van der Waals surface area contributed by atoms with Crippen molar-refractivity contribution in [2.75, 3.05) is 46.0 Å². The minimum atomic E-state index is -0.466. The van der Waals surface area contributed by atoms with E-state index in [1.165, 1.54) is 0 Å². The smallest absolute Gasteiger partial charge is 0.194 e. The van der Waals surface area contributed by atoms with Crippen LogP contribution in [-0.4, -0.2) is 68.8 Å². The summed E-state index contributed by atoms with van der Waals surface area (Å²) in [6.45, 7) is 7.74. The van der Waals surface area contributed by atoms with Gasteiger partial charge in [-0.1, -0.05) is 0 Å². The van der Waals surface area contributed by atoms with E-state index in [0.29, 0.717) is 25.7 Å². The van der Waals surface area contributed by atoms with Crippen LogP contribution in [0.15, 0.2) is 27.8 Å². The van der Waals surface area contributed by atoms with Crippen molar-refractivity contribution in [3.8, 4) is 0 Å². The van der Waals surface area contributed by atoms with Crippen LogP contribution in [0.5, 0.6) is 0 Å². The number of hydrogen-bond acceptors (Lipinski definition) is 5. The molecular weight excluding hydrogens is 485 g/mol. The molecule has 1 N–H and O–H groups in total. The van der Waals surface area contributed by atoms with Gasteiger partial charge in [0.1, 0.15) is 5.76 Å². The molecule has 3 fully saturated rings. The molecule has 3 aliphatic rings. The number of guanidine groups is 1. The Labute approximate surface area is 190 Å². The number of nitrogens with zero attached hydrogens (tertiary/aromatic N) is 2. The van der Waals surface area contributed by atoms with Gasteiger partial charge in [-0.05, 0) is 44.7 Å². The van der Waals surface area contributed by atoms with Crippen LogP contribution >= 0.6 is 24.0 Å². The number of nitrogens with one attached hydrogen (secondary N) is 1. The lowest BCUT2D eigenvalue weighted by Gasteiger charge is -2.41. The van der Waals surface area contributed by atoms with Gasteiger partial charge < -0.3 is 28.8 Å². The monoisotopic (exact) mass is 519 g/mol. The highest BCUT2D eigenvalue weighted by atomic mass is 127. The number of hydrogen-bond donors (Lipinski definition) is 1. The summed E-state index contributed by atoms with van der Waals surface area (Å²) in [5.41, 5.74) is 0. The zero-order valence-electron chi connectivity index (χ0n) is 17.3. The highest BCUT2D eigenvalue weighted by Crippen LogP contribution is 2.34. The van der Waals surface area contributed by atoms with E-state index in [1.54, 1.807) is 6.26 Å². The maximum absolute atomic E-state index is 5.94. The van der Waals surface area contributed by atoms with Crippen molar-refractivity contribution in [3.63, 3.8) is 0 Å². The number of likely N-dealkylation sites (tertiary alicyclic amines) is 1. The van der Waals surface area contributed by atoms with E-state index in [2.05, 4.69) is 17.1 Å². The molecule has 0 spiro atoms. The Morgan fingerprint density at radius 3 is 2.83 bits per heavy atom. The predicted octanol–water partition coefficient (Wildman–Crippen LogP) is 3.04. The van der Waals surface area contributed by atoms with Gasteiger partial charge in [0, 0.05) is 38.6 Å². The van der Waals surface area contributed by atoms with Crippen LogP contribution in [0, 0.1) is 5.92 Å². The summed E-state index contributed by atoms with van der Waals surface area (Å²) in [4.78, 5) is 7.29. The van der Waals surface area contributed by atoms with Gasteiger partial charge in [0.2, 0.25) is 0 Å². The Hall–Kier alpha value is -0.840. The second-order valence-electron chi connectivity index (χ2n) is 8.05. The molecule has 29 heavy (non-hydrogen) atoms. The van der Waals surface area contributed by atoms with Crippen molar-refractivity contribution in [1.29, 1.82) is 0 Å². The first-order valence-electron chi connectivity index (χ1n) is 10.7. The SMILES string of the molecule is CC1(C2CCCN(C(=NCC3CCCO3)NCCc3ccco3)C2)OCCO1.I. The molecule has 2 unspecified atom stereocenters. The van der Waals surface area contributed by atoms with Crippen LogP contribution in [0.3, 0.4) is 0 Å². The van der Waals surface area contributed by atoms with E-state index in [9.17, 15) is 0 Å². The Balaban J connectivity index is 0.00000240. The molecule has 0 bridgehead atoms. The predicted molar refractivity (Wildman–Crippen MR) is 122 cm³/mol. The number of piperidine rings is 1. The number of halogens is 1. The van der Waals surface area contributed by atoms with Gasteiger partial charge in [0.05, 0.1) is 32.1 Å². The van der Waals surface area contributed by atoms with Crippen molar-refractivity contribution in [2.24, 2.45) is 10.9 Å². The van der Waals surface area contributed by atoms with Crippen LogP contribution in [0.4, 0.5) is 0 Å². The van der Waals surface area contributed by atoms with Gasteiger partial charge in [-0.25, -0.2) is 0 Å². The third-order valence-corrected chi connectivity index (χ3v) is 6.03. The average Bonchev–Trinajstić information content (AvgIpc) is 3.48. The summed E-state index contributed by atoms with van der Waals surface area (Å²) in [5.74, 6) is 1.84. The second kappa shape index (κ2) is 11.0. The number of furan rings is 1. The van der Waals surface area contributed by atoms with Crippen molar-refractivity contribution >= 4 is 29.9 Å². The fourth-order valence-corrected chi connectivity index (χ4v) is 4.36. The Morgan fingerprint density at radius 2 is 2.10 bits per heavy atom. The average molecular weight is 519 g/mol. The maximum atomic E-state index is 5.94. The summed E-state index contributed by atoms with van der Waals surface area (Å²) < 4.78 is 23.1. The quantitative estimate of drug-likeness (QED) is 0.354. The summed E-state index contributed by atoms with van der Waals surface area (Å²) >= 11 is 0. The summed E-state index contributed by atoms with van der Waals surface area (Å²) in [5, 5.41) is 3.55. The van der Waals surface area contributed by atoms with Gasteiger partial charge in [0.15, 0.2) is 11.7 Å². The second-order valence-corrected chi connectivity index (χ2v) is 8.05. The van der Waals surface area contributed by atoms with E-state index in [4.69, 9.17) is 23.6 Å². The van der Waals surface area contributed by atoms with Crippen LogP contribution < -0.4 is 5.32 Å². The van der Waals surface area contributed by atoms with Crippen LogP contribution in [-0.2, 0) is 20.6 Å². The van der Waals surface area contributed by atoms with E-state index < -0.39 is 5.79 Å². The molecule has 0 saturated carbocycles. The first-order valence-corrected chi connectivity index (χ1v) is 10.7. The normalized spacial score (nSPS) is 27.1. The summed E-state index contributed by atoms with van der Waals surface area (Å²) in [6, 6.07) is 3.94. The van der Waals surface area contributed by atoms with Crippen LogP contribution in [0.1, 0.15) is 38.4 Å². The van der Waals surface area contributed by atoms with Gasteiger partial charge in [-0.15, -0.1) is 24.0 Å². The lowest BCUT2D eigenvalue weighted by molar-refractivity contribution is -0.189. The van der Waals surface area contributed by atoms with E-state index >= 15 is 0 Å². The van der Waals surface area contributed by atoms with Crippen molar-refractivity contribution in [1.82, 2.24) is 10.2 Å². The molecule has 0 radical (unpaired) electrons. The first-order chi connectivity index (χ1) is 13.7. The Kier molecular flexibility index (Phi) is 8.64. The standard InChI is InChI=1S/C21H33N3O4.HI/c1-21(27-13-14-28-21)17-5-2-10-24(16-17)20(23-15-19-7-4-12-26-19)22-9-8-18-6-3-11-25-18;/h3,6,11,17,19H,2,4-5,7-10,12-16H2,1H3,(H,22,23);1H. The molecule has 8 heteroatoms. The molecule has 164 valence electrons. The highest BCUT2D eigenvalue weighted by Gasteiger charge is 2.42. The topological polar surface area (TPSA) is 68.5 Å². The lowest BCUT2D eigenvalue weighted by Crippen LogP contribution is -2.52. The first kappa shape index (κ1) is 22.8. The van der Waals surface area contributed by atoms with Gasteiger partial charge in [-0.2, -0.15) is 0 Å². The molecule has 0 aliphatic carbocycles. The third-order valence-electron chi connectivity index (χ3n) is 6.03. The number of rotatable bonds is 6. The lowest BCUT2D eigenvalue weighted by atomic mass is 9.90. The van der Waals surface area contributed by atoms with E-state index in [1.807, 2.05) is 12.1 Å². The van der Waals surface area contributed by atoms with Crippen molar-refractivity contribution in [2.45, 2.75) is 50.9 Å². The molecule has 4 heterocycles. The third kappa shape index (κ3) is 6.08. The molecule has 0 aromatic carbocycles. The Bertz CT molecular complexity index is 628. The number of ether oxygens (including phenoxy) is 3. The molecule has 1 aromatic heterocycles.